The van der Waals surface area contributed by atoms with Crippen LogP contribution < -0.4 is 10.3 Å². The van der Waals surface area contributed by atoms with Gasteiger partial charge >= 0.3 is 0 Å². The number of hydrogen-bond donors (Lipinski definition) is 1. The number of fused-ring (bicyclic) bond motifs is 1. The molecule has 0 saturated heterocycles. The van der Waals surface area contributed by atoms with Crippen LogP contribution in [0, 0.1) is 4.77 Å². The summed E-state index contributed by atoms with van der Waals surface area (Å²) in [5, 5.41) is 10.3. The predicted molar refractivity (Wildman–Crippen MR) is 79.8 cm³/mol. The lowest BCUT2D eigenvalue weighted by molar-refractivity contribution is -0.153. The molecule has 0 unspecified atom stereocenters. The van der Waals surface area contributed by atoms with Crippen LogP contribution in [0.4, 0.5) is 0 Å². The molecule has 0 radical (unpaired) electrons. The molecular weight excluding hydrogens is 276 g/mol. The molecule has 1 aromatic heterocycles. The highest BCUT2D eigenvalue weighted by Gasteiger charge is 2.44. The number of ether oxygens (including phenoxy) is 1. The van der Waals surface area contributed by atoms with E-state index in [2.05, 4.69) is 0 Å². The summed E-state index contributed by atoms with van der Waals surface area (Å²) in [6.07, 6.45) is 0.368. The lowest BCUT2D eigenvalue weighted by atomic mass is 9.78. The van der Waals surface area contributed by atoms with Crippen molar-refractivity contribution < 1.29 is 9.84 Å². The maximum Gasteiger partial charge on any atom is 0.261 e. The Hall–Kier alpha value is -1.14. The van der Waals surface area contributed by atoms with Gasteiger partial charge in [0.05, 0.1) is 5.56 Å². The van der Waals surface area contributed by atoms with Crippen LogP contribution in [0.25, 0.3) is 0 Å². The van der Waals surface area contributed by atoms with E-state index >= 15 is 0 Å². The molecule has 5 nitrogen and oxygen atoms in total. The minimum Gasteiger partial charge on any atom is -0.447 e. The van der Waals surface area contributed by atoms with Gasteiger partial charge in [0.25, 0.3) is 5.56 Å². The Morgan fingerprint density at radius 2 is 1.80 bits per heavy atom. The lowest BCUT2D eigenvalue weighted by Gasteiger charge is -2.41. The van der Waals surface area contributed by atoms with E-state index in [4.69, 9.17) is 17.0 Å². The van der Waals surface area contributed by atoms with Gasteiger partial charge in [-0.25, -0.2) is 0 Å². The molecule has 0 saturated carbocycles. The van der Waals surface area contributed by atoms with Crippen LogP contribution in [0.3, 0.4) is 0 Å². The van der Waals surface area contributed by atoms with E-state index in [1.807, 2.05) is 27.7 Å². The average Bonchev–Trinajstić information content (AvgIpc) is 2.25. The van der Waals surface area contributed by atoms with E-state index < -0.39 is 11.2 Å². The zero-order valence-corrected chi connectivity index (χ0v) is 13.5. The third kappa shape index (κ3) is 2.20. The van der Waals surface area contributed by atoms with Crippen LogP contribution in [-0.2, 0) is 18.5 Å². The Kier molecular flexibility index (Phi) is 3.59. The molecule has 112 valence electrons. The number of aliphatic hydroxyl groups is 1. The number of aromatic nitrogens is 2. The molecule has 0 amide bonds. The van der Waals surface area contributed by atoms with Gasteiger partial charge in [-0.2, -0.15) is 0 Å². The summed E-state index contributed by atoms with van der Waals surface area (Å²) in [5.41, 5.74) is 0.0180. The summed E-state index contributed by atoms with van der Waals surface area (Å²) in [4.78, 5) is 12.7. The van der Waals surface area contributed by atoms with Crippen molar-refractivity contribution in [3.05, 3.63) is 20.7 Å². The zero-order chi connectivity index (χ0) is 15.3. The van der Waals surface area contributed by atoms with Crippen LogP contribution in [0.15, 0.2) is 4.79 Å². The minimum atomic E-state index is -1.29. The first-order valence-corrected chi connectivity index (χ1v) is 7.35. The molecule has 1 aromatic rings. The summed E-state index contributed by atoms with van der Waals surface area (Å²) in [7, 11) is 0. The topological polar surface area (TPSA) is 56.4 Å². The predicted octanol–water partition coefficient (Wildman–Crippen LogP) is 2.19. The van der Waals surface area contributed by atoms with Crippen molar-refractivity contribution in [3.8, 4) is 5.88 Å². The van der Waals surface area contributed by atoms with E-state index in [9.17, 15) is 9.90 Å². The SMILES string of the molecule is CCn1c2c(c(=O)n(CC)c1=S)C(C)(C)C[C@@](C)(O)O2. The van der Waals surface area contributed by atoms with Crippen LogP contribution in [0.2, 0.25) is 0 Å². The largest absolute Gasteiger partial charge is 0.447 e. The fourth-order valence-electron chi connectivity index (χ4n) is 3.08. The first-order chi connectivity index (χ1) is 9.14. The Balaban J connectivity index is 2.92. The van der Waals surface area contributed by atoms with Crippen LogP contribution in [0.5, 0.6) is 5.88 Å². The molecule has 0 aromatic carbocycles. The smallest absolute Gasteiger partial charge is 0.261 e. The summed E-state index contributed by atoms with van der Waals surface area (Å²) < 4.78 is 9.48. The summed E-state index contributed by atoms with van der Waals surface area (Å²) in [6, 6.07) is 0. The first-order valence-electron chi connectivity index (χ1n) is 6.94. The fourth-order valence-corrected chi connectivity index (χ4v) is 3.50. The third-order valence-electron chi connectivity index (χ3n) is 3.78. The van der Waals surface area contributed by atoms with Crippen molar-refractivity contribution in [1.82, 2.24) is 9.13 Å². The van der Waals surface area contributed by atoms with Gasteiger partial charge in [-0.1, -0.05) is 13.8 Å². The van der Waals surface area contributed by atoms with Crippen LogP contribution >= 0.6 is 12.2 Å². The quantitative estimate of drug-likeness (QED) is 0.850. The van der Waals surface area contributed by atoms with E-state index in [0.717, 1.165) is 0 Å². The molecule has 1 aliphatic rings. The zero-order valence-electron chi connectivity index (χ0n) is 12.7. The van der Waals surface area contributed by atoms with Gasteiger partial charge in [0.1, 0.15) is 0 Å². The number of hydrogen-bond acceptors (Lipinski definition) is 4. The second-order valence-corrected chi connectivity index (χ2v) is 6.46. The second-order valence-electron chi connectivity index (χ2n) is 6.09. The average molecular weight is 298 g/mol. The van der Waals surface area contributed by atoms with Gasteiger partial charge in [-0.15, -0.1) is 0 Å². The molecule has 0 aliphatic carbocycles. The normalized spacial score (nSPS) is 24.1. The van der Waals surface area contributed by atoms with Crippen molar-refractivity contribution >= 4 is 12.2 Å². The van der Waals surface area contributed by atoms with Crippen molar-refractivity contribution in [1.29, 1.82) is 0 Å². The Bertz CT molecular complexity index is 656. The molecule has 1 aliphatic heterocycles. The molecule has 6 heteroatoms. The van der Waals surface area contributed by atoms with E-state index in [1.54, 1.807) is 16.1 Å². The van der Waals surface area contributed by atoms with Crippen LogP contribution in [0.1, 0.15) is 46.6 Å². The summed E-state index contributed by atoms with van der Waals surface area (Å²) in [6.45, 7) is 10.5. The molecule has 0 bridgehead atoms. The summed E-state index contributed by atoms with van der Waals surface area (Å²) >= 11 is 5.38. The molecule has 0 spiro atoms. The fraction of sp³-hybridized carbons (Fsp3) is 0.714. The molecule has 1 N–H and O–H groups in total. The standard InChI is InChI=1S/C14H22N2O3S/c1-6-15-10(17)9-11(16(7-2)12(15)20)19-14(5,18)8-13(9,3)4/h18H,6-8H2,1-5H3/t14-/m0/s1. The van der Waals surface area contributed by atoms with Crippen molar-refractivity contribution in [2.45, 2.75) is 65.3 Å². The van der Waals surface area contributed by atoms with Crippen molar-refractivity contribution in [3.63, 3.8) is 0 Å². The van der Waals surface area contributed by atoms with Gasteiger partial charge in [-0.05, 0) is 26.1 Å². The van der Waals surface area contributed by atoms with E-state index in [-0.39, 0.29) is 5.56 Å². The Labute approximate surface area is 123 Å². The van der Waals surface area contributed by atoms with Crippen molar-refractivity contribution in [2.24, 2.45) is 0 Å². The lowest BCUT2D eigenvalue weighted by Crippen LogP contribution is -2.49. The Morgan fingerprint density at radius 1 is 1.25 bits per heavy atom. The van der Waals surface area contributed by atoms with Crippen LogP contribution in [-0.4, -0.2) is 20.0 Å². The minimum absolute atomic E-state index is 0.113. The van der Waals surface area contributed by atoms with E-state index in [1.165, 1.54) is 0 Å². The maximum atomic E-state index is 12.7. The molecule has 1 atom stereocenters. The highest BCUT2D eigenvalue weighted by molar-refractivity contribution is 7.71. The molecule has 0 fully saturated rings. The van der Waals surface area contributed by atoms with Gasteiger partial charge in [0.2, 0.25) is 11.7 Å². The number of rotatable bonds is 2. The maximum absolute atomic E-state index is 12.7. The van der Waals surface area contributed by atoms with Gasteiger partial charge in [0.15, 0.2) is 4.77 Å². The second kappa shape index (κ2) is 4.70. The molecular formula is C14H22N2O3S. The monoisotopic (exact) mass is 298 g/mol. The van der Waals surface area contributed by atoms with Gasteiger partial charge < -0.3 is 9.84 Å². The highest BCUT2D eigenvalue weighted by atomic mass is 32.1. The molecule has 2 rings (SSSR count). The van der Waals surface area contributed by atoms with Gasteiger partial charge in [-0.3, -0.25) is 13.9 Å². The first kappa shape index (κ1) is 15.3. The molecule has 20 heavy (non-hydrogen) atoms. The highest BCUT2D eigenvalue weighted by Crippen LogP contribution is 2.41. The van der Waals surface area contributed by atoms with Gasteiger partial charge in [0, 0.05) is 31.8 Å². The summed E-state index contributed by atoms with van der Waals surface area (Å²) in [5.74, 6) is -0.881. The van der Waals surface area contributed by atoms with Crippen molar-refractivity contribution in [2.75, 3.05) is 0 Å². The third-order valence-corrected chi connectivity index (χ3v) is 4.22. The molecule has 2 heterocycles. The number of nitrogens with zero attached hydrogens (tertiary/aromatic N) is 2. The van der Waals surface area contributed by atoms with E-state index in [0.29, 0.717) is 35.7 Å². The Morgan fingerprint density at radius 3 is 2.30 bits per heavy atom.